The molecule has 0 unspecified atom stereocenters. The molecular weight excluding hydrogens is 455 g/mol. The van der Waals surface area contributed by atoms with E-state index in [1.807, 2.05) is 17.9 Å². The molecule has 4 rings (SSSR count). The van der Waals surface area contributed by atoms with Gasteiger partial charge in [-0.1, -0.05) is 11.8 Å². The minimum atomic E-state index is -0.929. The highest BCUT2D eigenvalue weighted by molar-refractivity contribution is 14.1. The first-order chi connectivity index (χ1) is 11.9. The van der Waals surface area contributed by atoms with E-state index in [0.717, 1.165) is 31.6 Å². The SMILES string of the molecule is CSc1nc(N2CCOC[C@@](C)(O)C2)c2c3n[nH]c(I)c3n(C)c2n1. The Hall–Kier alpha value is -1.11. The van der Waals surface area contributed by atoms with Crippen LogP contribution < -0.4 is 4.90 Å². The van der Waals surface area contributed by atoms with Crippen molar-refractivity contribution in [2.24, 2.45) is 7.05 Å². The van der Waals surface area contributed by atoms with E-state index in [1.165, 1.54) is 11.8 Å². The predicted octanol–water partition coefficient (Wildman–Crippen LogP) is 1.76. The van der Waals surface area contributed by atoms with Gasteiger partial charge >= 0.3 is 0 Å². The Morgan fingerprint density at radius 2 is 2.20 bits per heavy atom. The Labute approximate surface area is 162 Å². The van der Waals surface area contributed by atoms with E-state index in [-0.39, 0.29) is 0 Å². The summed E-state index contributed by atoms with van der Waals surface area (Å²) in [7, 11) is 1.99. The van der Waals surface area contributed by atoms with E-state index in [4.69, 9.17) is 14.7 Å². The molecule has 1 saturated heterocycles. The van der Waals surface area contributed by atoms with Gasteiger partial charge in [0.15, 0.2) is 5.16 Å². The Bertz CT molecular complexity index is 953. The summed E-state index contributed by atoms with van der Waals surface area (Å²) >= 11 is 3.75. The molecule has 1 aliphatic rings. The standard InChI is InChI=1S/C15H19IN6O2S/c1-15(23)6-22(4-5-24-7-15)13-8-9-10(11(16)20-19-9)21(2)12(8)17-14(18-13)25-3/h23H,4-7H2,1-3H3,(H,19,20)/t15-/m0/s1. The van der Waals surface area contributed by atoms with Crippen molar-refractivity contribution in [1.82, 2.24) is 24.7 Å². The zero-order valence-electron chi connectivity index (χ0n) is 14.2. The average molecular weight is 474 g/mol. The smallest absolute Gasteiger partial charge is 0.191 e. The lowest BCUT2D eigenvalue weighted by Gasteiger charge is -2.28. The van der Waals surface area contributed by atoms with E-state index in [2.05, 4.69) is 37.7 Å². The molecule has 0 aromatic carbocycles. The molecule has 1 atom stereocenters. The molecule has 0 amide bonds. The molecule has 134 valence electrons. The minimum Gasteiger partial charge on any atom is -0.386 e. The van der Waals surface area contributed by atoms with Gasteiger partial charge in [-0.05, 0) is 35.8 Å². The summed E-state index contributed by atoms with van der Waals surface area (Å²) in [5.74, 6) is 0.800. The Kier molecular flexibility index (Phi) is 4.33. The van der Waals surface area contributed by atoms with Crippen LogP contribution in [0.3, 0.4) is 0 Å². The fourth-order valence-corrected chi connectivity index (χ4v) is 4.37. The molecule has 0 aliphatic carbocycles. The van der Waals surface area contributed by atoms with Gasteiger partial charge in [0.05, 0.1) is 25.1 Å². The maximum Gasteiger partial charge on any atom is 0.191 e. The van der Waals surface area contributed by atoms with Crippen LogP contribution in [0.5, 0.6) is 0 Å². The third kappa shape index (κ3) is 2.88. The number of halogens is 1. The fraction of sp³-hybridized carbons (Fsp3) is 0.533. The third-order valence-corrected chi connectivity index (χ3v) is 5.67. The lowest BCUT2D eigenvalue weighted by molar-refractivity contribution is -0.0123. The number of aliphatic hydroxyl groups is 1. The molecule has 8 nitrogen and oxygen atoms in total. The van der Waals surface area contributed by atoms with Crippen LogP contribution in [-0.2, 0) is 11.8 Å². The Morgan fingerprint density at radius 1 is 1.40 bits per heavy atom. The molecule has 1 fully saturated rings. The summed E-state index contributed by atoms with van der Waals surface area (Å²) in [5.41, 5.74) is 1.79. The first-order valence-corrected chi connectivity index (χ1v) is 10.2. The van der Waals surface area contributed by atoms with E-state index in [9.17, 15) is 5.11 Å². The van der Waals surface area contributed by atoms with Crippen molar-refractivity contribution in [2.45, 2.75) is 17.7 Å². The highest BCUT2D eigenvalue weighted by atomic mass is 127. The molecule has 0 saturated carbocycles. The number of nitrogens with one attached hydrogen (secondary N) is 1. The number of nitrogens with zero attached hydrogens (tertiary/aromatic N) is 5. The van der Waals surface area contributed by atoms with E-state index in [0.29, 0.717) is 31.5 Å². The van der Waals surface area contributed by atoms with E-state index >= 15 is 0 Å². The molecule has 3 aromatic rings. The van der Waals surface area contributed by atoms with Crippen LogP contribution in [0.2, 0.25) is 0 Å². The van der Waals surface area contributed by atoms with Gasteiger partial charge in [0, 0.05) is 13.6 Å². The summed E-state index contributed by atoms with van der Waals surface area (Å²) in [6.07, 6.45) is 1.96. The highest BCUT2D eigenvalue weighted by Gasteiger charge is 2.31. The zero-order valence-corrected chi connectivity index (χ0v) is 17.2. The number of aryl methyl sites for hydroxylation is 1. The van der Waals surface area contributed by atoms with Crippen LogP contribution in [0.4, 0.5) is 5.82 Å². The summed E-state index contributed by atoms with van der Waals surface area (Å²) in [6.45, 7) is 3.76. The fourth-order valence-electron chi connectivity index (χ4n) is 3.28. The lowest BCUT2D eigenvalue weighted by Crippen LogP contribution is -2.42. The zero-order chi connectivity index (χ0) is 17.8. The molecule has 4 heterocycles. The van der Waals surface area contributed by atoms with Gasteiger partial charge in [-0.2, -0.15) is 5.10 Å². The van der Waals surface area contributed by atoms with Crippen molar-refractivity contribution < 1.29 is 9.84 Å². The highest BCUT2D eigenvalue weighted by Crippen LogP contribution is 2.36. The average Bonchev–Trinajstić information content (AvgIpc) is 3.02. The Balaban J connectivity index is 1.99. The van der Waals surface area contributed by atoms with Crippen molar-refractivity contribution >= 4 is 62.2 Å². The van der Waals surface area contributed by atoms with E-state index in [1.54, 1.807) is 6.92 Å². The number of H-pyrrole nitrogens is 1. The molecule has 1 aliphatic heterocycles. The van der Waals surface area contributed by atoms with Crippen LogP contribution in [0, 0.1) is 3.70 Å². The number of aromatic nitrogens is 5. The van der Waals surface area contributed by atoms with Crippen molar-refractivity contribution in [1.29, 1.82) is 0 Å². The molecule has 3 aromatic heterocycles. The van der Waals surface area contributed by atoms with Gasteiger partial charge in [0.1, 0.15) is 31.8 Å². The second kappa shape index (κ2) is 6.25. The molecule has 2 N–H and O–H groups in total. The van der Waals surface area contributed by atoms with Gasteiger partial charge < -0.3 is 19.3 Å². The molecule has 10 heteroatoms. The van der Waals surface area contributed by atoms with Gasteiger partial charge in [-0.25, -0.2) is 9.97 Å². The maximum absolute atomic E-state index is 10.6. The summed E-state index contributed by atoms with van der Waals surface area (Å²) < 4.78 is 8.58. The van der Waals surface area contributed by atoms with Gasteiger partial charge in [0.2, 0.25) is 0 Å². The number of thioether (sulfide) groups is 1. The Morgan fingerprint density at radius 3 is 2.96 bits per heavy atom. The topological polar surface area (TPSA) is 92.1 Å². The molecule has 0 bridgehead atoms. The van der Waals surface area contributed by atoms with Crippen LogP contribution in [0.1, 0.15) is 6.92 Å². The molecule has 0 spiro atoms. The second-order valence-electron chi connectivity index (χ2n) is 6.50. The van der Waals surface area contributed by atoms with Gasteiger partial charge in [-0.15, -0.1) is 0 Å². The van der Waals surface area contributed by atoms with Gasteiger partial charge in [-0.3, -0.25) is 5.10 Å². The van der Waals surface area contributed by atoms with Crippen LogP contribution in [0.25, 0.3) is 22.1 Å². The number of hydrogen-bond acceptors (Lipinski definition) is 7. The number of fused-ring (bicyclic) bond motifs is 3. The van der Waals surface area contributed by atoms with Crippen molar-refractivity contribution in [3.8, 4) is 0 Å². The lowest BCUT2D eigenvalue weighted by atomic mass is 10.1. The normalized spacial score (nSPS) is 22.0. The molecular formula is C15H19IN6O2S. The number of β-amino-alcohol motifs (C(OH)–C–C–N with tert-alkyl or cyclic N) is 1. The maximum atomic E-state index is 10.6. The third-order valence-electron chi connectivity index (χ3n) is 4.37. The summed E-state index contributed by atoms with van der Waals surface area (Å²) in [5, 5.41) is 19.7. The van der Waals surface area contributed by atoms with Crippen LogP contribution in [0.15, 0.2) is 5.16 Å². The van der Waals surface area contributed by atoms with Gasteiger partial charge in [0.25, 0.3) is 0 Å². The van der Waals surface area contributed by atoms with Crippen molar-refractivity contribution in [3.63, 3.8) is 0 Å². The first-order valence-electron chi connectivity index (χ1n) is 7.90. The van der Waals surface area contributed by atoms with Crippen molar-refractivity contribution in [3.05, 3.63) is 3.70 Å². The quantitative estimate of drug-likeness (QED) is 0.332. The summed E-state index contributed by atoms with van der Waals surface area (Å²) in [4.78, 5) is 11.5. The number of anilines is 1. The monoisotopic (exact) mass is 474 g/mol. The largest absolute Gasteiger partial charge is 0.386 e. The van der Waals surface area contributed by atoms with Crippen LogP contribution in [-0.4, -0.2) is 68.0 Å². The molecule has 0 radical (unpaired) electrons. The number of rotatable bonds is 2. The first kappa shape index (κ1) is 17.3. The summed E-state index contributed by atoms with van der Waals surface area (Å²) in [6, 6.07) is 0. The minimum absolute atomic E-state index is 0.317. The predicted molar refractivity (Wildman–Crippen MR) is 106 cm³/mol. The van der Waals surface area contributed by atoms with Crippen molar-refractivity contribution in [2.75, 3.05) is 37.5 Å². The number of aromatic amines is 1. The van der Waals surface area contributed by atoms with Crippen LogP contribution >= 0.6 is 34.4 Å². The number of hydrogen-bond donors (Lipinski definition) is 2. The number of ether oxygens (including phenoxy) is 1. The second-order valence-corrected chi connectivity index (χ2v) is 8.35. The molecule has 25 heavy (non-hydrogen) atoms. The van der Waals surface area contributed by atoms with E-state index < -0.39 is 5.60 Å².